The fourth-order valence-electron chi connectivity index (χ4n) is 0.880. The zero-order chi connectivity index (χ0) is 8.81. The summed E-state index contributed by atoms with van der Waals surface area (Å²) in [7, 11) is 0. The molecule has 0 saturated carbocycles. The van der Waals surface area contributed by atoms with E-state index < -0.39 is 0 Å². The number of hydrogen-bond donors (Lipinski definition) is 1. The maximum Gasteiger partial charge on any atom is 0.128 e. The van der Waals surface area contributed by atoms with Gasteiger partial charge in [-0.15, -0.1) is 0 Å². The summed E-state index contributed by atoms with van der Waals surface area (Å²) in [6.07, 6.45) is 2.96. The van der Waals surface area contributed by atoms with Crippen LogP contribution in [0.5, 0.6) is 5.75 Å². The maximum absolute atomic E-state index is 7.09. The van der Waals surface area contributed by atoms with E-state index in [0.717, 1.165) is 11.3 Å². The van der Waals surface area contributed by atoms with Crippen LogP contribution in [0.1, 0.15) is 5.56 Å². The molecule has 0 heterocycles. The van der Waals surface area contributed by atoms with Gasteiger partial charge in [0, 0.05) is 11.8 Å². The molecule has 2 heteroatoms. The molecule has 1 aromatic carbocycles. The van der Waals surface area contributed by atoms with E-state index in [2.05, 4.69) is 6.58 Å². The summed E-state index contributed by atoms with van der Waals surface area (Å²) in [4.78, 5) is 0. The molecule has 0 saturated heterocycles. The molecule has 1 aromatic rings. The molecule has 0 spiro atoms. The number of ether oxygens (including phenoxy) is 1. The van der Waals surface area contributed by atoms with Crippen LogP contribution in [0.4, 0.5) is 0 Å². The van der Waals surface area contributed by atoms with Crippen LogP contribution in [0.15, 0.2) is 36.9 Å². The van der Waals surface area contributed by atoms with E-state index in [4.69, 9.17) is 10.1 Å². The molecule has 0 radical (unpaired) electrons. The molecule has 62 valence electrons. The van der Waals surface area contributed by atoms with Gasteiger partial charge in [0.05, 0.1) is 0 Å². The van der Waals surface area contributed by atoms with Crippen LogP contribution in [0, 0.1) is 5.41 Å². The summed E-state index contributed by atoms with van der Waals surface area (Å²) in [5.74, 6) is 0.729. The molecular formula is C10H11NO. The first-order chi connectivity index (χ1) is 5.88. The minimum absolute atomic E-state index is 0.477. The lowest BCUT2D eigenvalue weighted by atomic mass is 10.2. The normalized spacial score (nSPS) is 9.00. The van der Waals surface area contributed by atoms with Gasteiger partial charge in [-0.1, -0.05) is 24.8 Å². The van der Waals surface area contributed by atoms with Crippen LogP contribution in [0.25, 0.3) is 0 Å². The van der Waals surface area contributed by atoms with Crippen molar-refractivity contribution in [2.24, 2.45) is 0 Å². The van der Waals surface area contributed by atoms with Crippen LogP contribution in [0.2, 0.25) is 0 Å². The fourth-order valence-corrected chi connectivity index (χ4v) is 0.880. The molecule has 0 bridgehead atoms. The summed E-state index contributed by atoms with van der Waals surface area (Å²) in [6, 6.07) is 7.43. The van der Waals surface area contributed by atoms with Crippen LogP contribution < -0.4 is 4.74 Å². The predicted octanol–water partition coefficient (Wildman–Crippen LogP) is 2.25. The van der Waals surface area contributed by atoms with Crippen molar-refractivity contribution >= 4 is 6.21 Å². The summed E-state index contributed by atoms with van der Waals surface area (Å²) in [5, 5.41) is 7.09. The molecule has 0 aliphatic rings. The number of para-hydroxylation sites is 1. The van der Waals surface area contributed by atoms with Gasteiger partial charge in [-0.3, -0.25) is 0 Å². The Labute approximate surface area is 72.0 Å². The summed E-state index contributed by atoms with van der Waals surface area (Å²) < 4.78 is 5.31. The molecule has 12 heavy (non-hydrogen) atoms. The van der Waals surface area contributed by atoms with Gasteiger partial charge in [0.2, 0.25) is 0 Å². The Morgan fingerprint density at radius 1 is 1.42 bits per heavy atom. The van der Waals surface area contributed by atoms with Crippen molar-refractivity contribution in [2.45, 2.75) is 0 Å². The summed E-state index contributed by atoms with van der Waals surface area (Å²) >= 11 is 0. The molecule has 0 atom stereocenters. The Balaban J connectivity index is 2.81. The smallest absolute Gasteiger partial charge is 0.128 e. The predicted molar refractivity (Wildman–Crippen MR) is 50.0 cm³/mol. The number of hydrogen-bond acceptors (Lipinski definition) is 2. The third kappa shape index (κ3) is 1.95. The van der Waals surface area contributed by atoms with Gasteiger partial charge in [0.25, 0.3) is 0 Å². The Kier molecular flexibility index (Phi) is 3.08. The van der Waals surface area contributed by atoms with Crippen molar-refractivity contribution in [3.05, 3.63) is 42.5 Å². The van der Waals surface area contributed by atoms with E-state index in [0.29, 0.717) is 6.61 Å². The van der Waals surface area contributed by atoms with Gasteiger partial charge in [-0.25, -0.2) is 0 Å². The molecular weight excluding hydrogens is 150 g/mol. The van der Waals surface area contributed by atoms with Gasteiger partial charge < -0.3 is 10.1 Å². The minimum atomic E-state index is 0.477. The zero-order valence-corrected chi connectivity index (χ0v) is 6.79. The highest BCUT2D eigenvalue weighted by Gasteiger charge is 1.96. The fraction of sp³-hybridized carbons (Fsp3) is 0.100. The highest BCUT2D eigenvalue weighted by molar-refractivity contribution is 5.80. The molecule has 0 amide bonds. The first-order valence-corrected chi connectivity index (χ1v) is 3.71. The second kappa shape index (κ2) is 4.34. The van der Waals surface area contributed by atoms with Gasteiger partial charge in [-0.2, -0.15) is 0 Å². The van der Waals surface area contributed by atoms with Gasteiger partial charge in [-0.05, 0) is 12.1 Å². The van der Waals surface area contributed by atoms with Crippen LogP contribution in [0.3, 0.4) is 0 Å². The van der Waals surface area contributed by atoms with Crippen LogP contribution in [-0.4, -0.2) is 12.8 Å². The van der Waals surface area contributed by atoms with Crippen molar-refractivity contribution in [1.29, 1.82) is 5.41 Å². The summed E-state index contributed by atoms with van der Waals surface area (Å²) in [6.45, 7) is 4.03. The molecule has 0 aliphatic heterocycles. The second-order valence-electron chi connectivity index (χ2n) is 2.28. The molecule has 1 rings (SSSR count). The van der Waals surface area contributed by atoms with E-state index in [9.17, 15) is 0 Å². The monoisotopic (exact) mass is 161 g/mol. The first kappa shape index (κ1) is 8.53. The van der Waals surface area contributed by atoms with Crippen molar-refractivity contribution in [2.75, 3.05) is 6.61 Å². The maximum atomic E-state index is 7.09. The third-order valence-electron chi connectivity index (χ3n) is 1.43. The SMILES string of the molecule is C=CCOc1ccccc1C=N. The van der Waals surface area contributed by atoms with Gasteiger partial charge in [0.15, 0.2) is 0 Å². The lowest BCUT2D eigenvalue weighted by Gasteiger charge is -2.04. The largest absolute Gasteiger partial charge is 0.489 e. The first-order valence-electron chi connectivity index (χ1n) is 3.71. The van der Waals surface area contributed by atoms with Crippen molar-refractivity contribution in [1.82, 2.24) is 0 Å². The average molecular weight is 161 g/mol. The second-order valence-corrected chi connectivity index (χ2v) is 2.28. The number of nitrogens with one attached hydrogen (secondary N) is 1. The van der Waals surface area contributed by atoms with E-state index in [1.807, 2.05) is 24.3 Å². The van der Waals surface area contributed by atoms with Gasteiger partial charge >= 0.3 is 0 Å². The quantitative estimate of drug-likeness (QED) is 0.533. The lowest BCUT2D eigenvalue weighted by molar-refractivity contribution is 0.362. The zero-order valence-electron chi connectivity index (χ0n) is 6.79. The lowest BCUT2D eigenvalue weighted by Crippen LogP contribution is -1.95. The van der Waals surface area contributed by atoms with Crippen LogP contribution >= 0.6 is 0 Å². The molecule has 0 fully saturated rings. The molecule has 1 N–H and O–H groups in total. The van der Waals surface area contributed by atoms with E-state index in [1.165, 1.54) is 6.21 Å². The van der Waals surface area contributed by atoms with E-state index in [1.54, 1.807) is 6.08 Å². The Bertz CT molecular complexity index is 281. The Morgan fingerprint density at radius 2 is 2.17 bits per heavy atom. The van der Waals surface area contributed by atoms with Crippen molar-refractivity contribution < 1.29 is 4.74 Å². The van der Waals surface area contributed by atoms with Gasteiger partial charge in [0.1, 0.15) is 12.4 Å². The Hall–Kier alpha value is -1.57. The molecule has 0 aromatic heterocycles. The minimum Gasteiger partial charge on any atom is -0.489 e. The van der Waals surface area contributed by atoms with Crippen molar-refractivity contribution in [3.63, 3.8) is 0 Å². The standard InChI is InChI=1S/C10H11NO/c1-2-7-12-10-6-4-3-5-9(10)8-11/h2-6,8,11H,1,7H2. The molecule has 0 unspecified atom stereocenters. The van der Waals surface area contributed by atoms with E-state index >= 15 is 0 Å². The number of benzene rings is 1. The Morgan fingerprint density at radius 3 is 2.83 bits per heavy atom. The highest BCUT2D eigenvalue weighted by atomic mass is 16.5. The number of rotatable bonds is 4. The average Bonchev–Trinajstić information content (AvgIpc) is 2.15. The van der Waals surface area contributed by atoms with Crippen LogP contribution in [-0.2, 0) is 0 Å². The molecule has 0 aliphatic carbocycles. The molecule has 2 nitrogen and oxygen atoms in total. The topological polar surface area (TPSA) is 33.1 Å². The highest BCUT2D eigenvalue weighted by Crippen LogP contribution is 2.14. The van der Waals surface area contributed by atoms with E-state index in [-0.39, 0.29) is 0 Å². The van der Waals surface area contributed by atoms with Crippen molar-refractivity contribution in [3.8, 4) is 5.75 Å². The summed E-state index contributed by atoms with van der Waals surface area (Å²) in [5.41, 5.74) is 0.791. The third-order valence-corrected chi connectivity index (χ3v) is 1.43.